The summed E-state index contributed by atoms with van der Waals surface area (Å²) in [6, 6.07) is 0. The predicted octanol–water partition coefficient (Wildman–Crippen LogP) is 2.76. The highest BCUT2D eigenvalue weighted by molar-refractivity contribution is 9.14. The van der Waals surface area contributed by atoms with Gasteiger partial charge in [-0.3, -0.25) is 4.79 Å². The summed E-state index contributed by atoms with van der Waals surface area (Å²) in [5, 5.41) is 9.29. The summed E-state index contributed by atoms with van der Waals surface area (Å²) in [5.41, 5.74) is 0. The van der Waals surface area contributed by atoms with Gasteiger partial charge >= 0.3 is 5.97 Å². The van der Waals surface area contributed by atoms with Gasteiger partial charge in [-0.15, -0.1) is 0 Å². The van der Waals surface area contributed by atoms with Crippen molar-refractivity contribution in [2.45, 2.75) is 14.5 Å². The van der Waals surface area contributed by atoms with Crippen LogP contribution in [0.1, 0.15) is 0 Å². The Morgan fingerprint density at radius 3 is 2.09 bits per heavy atom. The molecule has 0 aromatic rings. The lowest BCUT2D eigenvalue weighted by Gasteiger charge is -2.16. The third-order valence-electron chi connectivity index (χ3n) is 1.01. The van der Waals surface area contributed by atoms with Crippen LogP contribution >= 0.6 is 63.7 Å². The highest BCUT2D eigenvalue weighted by Gasteiger charge is 2.28. The van der Waals surface area contributed by atoms with Crippen molar-refractivity contribution in [2.75, 3.05) is 5.33 Å². The molecule has 2 nitrogen and oxygen atoms in total. The summed E-state index contributed by atoms with van der Waals surface area (Å²) in [6.45, 7) is 0. The molecule has 0 aliphatic carbocycles. The van der Waals surface area contributed by atoms with E-state index in [9.17, 15) is 4.79 Å². The number of carboxylic acid groups (broad SMARTS) is 1. The van der Waals surface area contributed by atoms with E-state index in [0.717, 1.165) is 0 Å². The third kappa shape index (κ3) is 4.24. The molecule has 11 heavy (non-hydrogen) atoms. The Labute approximate surface area is 98.6 Å². The number of hydrogen-bond donors (Lipinski definition) is 1. The van der Waals surface area contributed by atoms with Crippen LogP contribution in [0.3, 0.4) is 0 Å². The fourth-order valence-corrected chi connectivity index (χ4v) is 2.81. The molecule has 0 saturated heterocycles. The van der Waals surface area contributed by atoms with Gasteiger partial charge in [-0.1, -0.05) is 63.7 Å². The molecule has 0 aliphatic rings. The summed E-state index contributed by atoms with van der Waals surface area (Å²) in [6.07, 6.45) is 0. The maximum absolute atomic E-state index is 10.4. The molecule has 0 rings (SSSR count). The van der Waals surface area contributed by atoms with Gasteiger partial charge in [0.1, 0.15) is 4.83 Å². The highest BCUT2D eigenvalue weighted by Crippen LogP contribution is 2.24. The van der Waals surface area contributed by atoms with E-state index >= 15 is 0 Å². The molecule has 0 spiro atoms. The molecule has 66 valence electrons. The Balaban J connectivity index is 4.00. The van der Waals surface area contributed by atoms with Crippen molar-refractivity contribution < 1.29 is 9.90 Å². The second-order valence-corrected chi connectivity index (χ2v) is 5.72. The van der Waals surface area contributed by atoms with Gasteiger partial charge in [-0.05, 0) is 0 Å². The standard InChI is InChI=1S/C5H6Br4O2/c6-1-2(7)3(8)4(9)5(10)11/h2-4H,1H2,(H,10,11). The first kappa shape index (κ1) is 12.4. The van der Waals surface area contributed by atoms with E-state index in [1.54, 1.807) is 0 Å². The first-order chi connectivity index (χ1) is 5.00. The van der Waals surface area contributed by atoms with E-state index in [4.69, 9.17) is 5.11 Å². The lowest BCUT2D eigenvalue weighted by atomic mass is 10.2. The molecular formula is C5H6Br4O2. The van der Waals surface area contributed by atoms with E-state index < -0.39 is 10.8 Å². The smallest absolute Gasteiger partial charge is 0.318 e. The van der Waals surface area contributed by atoms with E-state index in [1.165, 1.54) is 0 Å². The van der Waals surface area contributed by atoms with Crippen molar-refractivity contribution in [2.24, 2.45) is 0 Å². The van der Waals surface area contributed by atoms with E-state index in [-0.39, 0.29) is 9.65 Å². The fourth-order valence-electron chi connectivity index (χ4n) is 0.405. The van der Waals surface area contributed by atoms with Gasteiger partial charge in [-0.2, -0.15) is 0 Å². The van der Waals surface area contributed by atoms with Crippen molar-refractivity contribution in [1.82, 2.24) is 0 Å². The third-order valence-corrected chi connectivity index (χ3v) is 7.02. The molecule has 1 N–H and O–H groups in total. The molecule has 0 aromatic carbocycles. The number of carbonyl (C=O) groups is 1. The van der Waals surface area contributed by atoms with Crippen LogP contribution in [0.5, 0.6) is 0 Å². The van der Waals surface area contributed by atoms with Gasteiger partial charge in [0.05, 0.1) is 4.83 Å². The van der Waals surface area contributed by atoms with Gasteiger partial charge in [0.25, 0.3) is 0 Å². The summed E-state index contributed by atoms with van der Waals surface area (Å²) in [5.74, 6) is -0.864. The van der Waals surface area contributed by atoms with Crippen LogP contribution in [0.2, 0.25) is 0 Å². The first-order valence-corrected chi connectivity index (χ1v) is 6.58. The summed E-state index contributed by atoms with van der Waals surface area (Å²) in [4.78, 5) is 9.86. The van der Waals surface area contributed by atoms with Crippen LogP contribution < -0.4 is 0 Å². The maximum atomic E-state index is 10.4. The largest absolute Gasteiger partial charge is 0.480 e. The van der Waals surface area contributed by atoms with Gasteiger partial charge < -0.3 is 5.11 Å². The number of hydrogen-bond acceptors (Lipinski definition) is 1. The zero-order chi connectivity index (χ0) is 9.02. The van der Waals surface area contributed by atoms with Gasteiger partial charge in [0.15, 0.2) is 0 Å². The van der Waals surface area contributed by atoms with Crippen molar-refractivity contribution >= 4 is 69.7 Å². The van der Waals surface area contributed by atoms with Crippen LogP contribution in [-0.2, 0) is 4.79 Å². The molecule has 3 unspecified atom stereocenters. The first-order valence-electron chi connectivity index (χ1n) is 2.71. The fraction of sp³-hybridized carbons (Fsp3) is 0.800. The number of alkyl halides is 4. The summed E-state index contributed by atoms with van der Waals surface area (Å²) in [7, 11) is 0. The van der Waals surface area contributed by atoms with E-state index in [1.807, 2.05) is 0 Å². The maximum Gasteiger partial charge on any atom is 0.318 e. The normalized spacial score (nSPS) is 18.9. The summed E-state index contributed by atoms with van der Waals surface area (Å²) >= 11 is 12.9. The van der Waals surface area contributed by atoms with Crippen LogP contribution in [0.4, 0.5) is 0 Å². The Kier molecular flexibility index (Phi) is 6.69. The second kappa shape index (κ2) is 5.94. The molecule has 6 heteroatoms. The number of carboxylic acids is 1. The van der Waals surface area contributed by atoms with Crippen molar-refractivity contribution in [3.05, 3.63) is 0 Å². The molecule has 0 saturated carbocycles. The Morgan fingerprint density at radius 2 is 1.82 bits per heavy atom. The van der Waals surface area contributed by atoms with Crippen LogP contribution in [-0.4, -0.2) is 30.9 Å². The van der Waals surface area contributed by atoms with Gasteiger partial charge in [0, 0.05) is 10.2 Å². The van der Waals surface area contributed by atoms with Crippen LogP contribution in [0.15, 0.2) is 0 Å². The van der Waals surface area contributed by atoms with Crippen molar-refractivity contribution in [1.29, 1.82) is 0 Å². The van der Waals surface area contributed by atoms with E-state index in [2.05, 4.69) is 63.7 Å². The molecule has 0 amide bonds. The lowest BCUT2D eigenvalue weighted by Crippen LogP contribution is -2.31. The number of rotatable bonds is 4. The lowest BCUT2D eigenvalue weighted by molar-refractivity contribution is -0.136. The van der Waals surface area contributed by atoms with Gasteiger partial charge in [-0.25, -0.2) is 0 Å². The second-order valence-electron chi connectivity index (χ2n) is 1.85. The van der Waals surface area contributed by atoms with E-state index in [0.29, 0.717) is 5.33 Å². The minimum absolute atomic E-state index is 0.1000. The Bertz CT molecular complexity index is 140. The topological polar surface area (TPSA) is 37.3 Å². The summed E-state index contributed by atoms with van der Waals surface area (Å²) < 4.78 is 0. The quantitative estimate of drug-likeness (QED) is 0.714. The average molecular weight is 418 g/mol. The molecule has 0 heterocycles. The minimum atomic E-state index is -0.864. The zero-order valence-electron chi connectivity index (χ0n) is 5.31. The predicted molar refractivity (Wildman–Crippen MR) is 59.6 cm³/mol. The Hall–Kier alpha value is 1.39. The van der Waals surface area contributed by atoms with Gasteiger partial charge in [0.2, 0.25) is 0 Å². The van der Waals surface area contributed by atoms with Crippen molar-refractivity contribution in [3.8, 4) is 0 Å². The molecule has 0 radical (unpaired) electrons. The zero-order valence-corrected chi connectivity index (χ0v) is 11.7. The van der Waals surface area contributed by atoms with Crippen LogP contribution in [0, 0.1) is 0 Å². The minimum Gasteiger partial charge on any atom is -0.480 e. The molecule has 0 aromatic heterocycles. The van der Waals surface area contributed by atoms with Crippen LogP contribution in [0.25, 0.3) is 0 Å². The SMILES string of the molecule is O=C(O)C(Br)C(Br)C(Br)CBr. The molecular weight excluding hydrogens is 412 g/mol. The highest BCUT2D eigenvalue weighted by atomic mass is 79.9. The monoisotopic (exact) mass is 414 g/mol. The Morgan fingerprint density at radius 1 is 1.36 bits per heavy atom. The number of halogens is 4. The average Bonchev–Trinajstić information content (AvgIpc) is 2.00. The molecule has 3 atom stereocenters. The molecule has 0 bridgehead atoms. The van der Waals surface area contributed by atoms with Crippen molar-refractivity contribution in [3.63, 3.8) is 0 Å². The molecule has 0 fully saturated rings. The molecule has 0 aliphatic heterocycles. The number of aliphatic carboxylic acids is 1.